The summed E-state index contributed by atoms with van der Waals surface area (Å²) in [6.45, 7) is 4.45. The minimum Gasteiger partial charge on any atom is -0.450 e. The van der Waals surface area contributed by atoms with Crippen molar-refractivity contribution in [1.82, 2.24) is 9.88 Å². The molecule has 0 bridgehead atoms. The normalized spacial score (nSPS) is 14.0. The van der Waals surface area contributed by atoms with E-state index < -0.39 is 11.7 Å². The van der Waals surface area contributed by atoms with E-state index in [4.69, 9.17) is 4.74 Å². The van der Waals surface area contributed by atoms with Crippen molar-refractivity contribution in [3.63, 3.8) is 0 Å². The second-order valence-corrected chi connectivity index (χ2v) is 6.01. The fourth-order valence-electron chi connectivity index (χ4n) is 2.85. The number of hydrogen-bond donors (Lipinski definition) is 1. The number of anilines is 2. The minimum absolute atomic E-state index is 0.109. The van der Waals surface area contributed by atoms with Gasteiger partial charge in [-0.25, -0.2) is 9.18 Å². The van der Waals surface area contributed by atoms with Crippen molar-refractivity contribution < 1.29 is 18.7 Å². The summed E-state index contributed by atoms with van der Waals surface area (Å²) in [4.78, 5) is 32.0. The summed E-state index contributed by atoms with van der Waals surface area (Å²) in [6.07, 6.45) is 1.24. The molecule has 0 atom stereocenters. The van der Waals surface area contributed by atoms with Gasteiger partial charge in [0, 0.05) is 38.1 Å². The second-order valence-electron chi connectivity index (χ2n) is 6.01. The first-order chi connectivity index (χ1) is 13.1. The Morgan fingerprint density at radius 3 is 2.63 bits per heavy atom. The second kappa shape index (κ2) is 8.48. The number of aromatic nitrogens is 1. The van der Waals surface area contributed by atoms with Crippen LogP contribution in [0.5, 0.6) is 0 Å². The van der Waals surface area contributed by atoms with Gasteiger partial charge >= 0.3 is 6.09 Å². The standard InChI is InChI=1S/C19H21FN4O3/c1-2-27-19(26)24-11-9-23(10-12-24)14-7-8-21-17(13-14)18(25)22-16-6-4-3-5-15(16)20/h3-8,13H,2,9-12H2,1H3,(H,22,25). The summed E-state index contributed by atoms with van der Waals surface area (Å²) in [7, 11) is 0. The molecule has 1 aromatic carbocycles. The molecule has 7 nitrogen and oxygen atoms in total. The monoisotopic (exact) mass is 372 g/mol. The Bertz CT molecular complexity index is 822. The Hall–Kier alpha value is -3.16. The number of carbonyl (C=O) groups excluding carboxylic acids is 2. The predicted octanol–water partition coefficient (Wildman–Crippen LogP) is 2.75. The van der Waals surface area contributed by atoms with Gasteiger partial charge in [0.05, 0.1) is 12.3 Å². The average molecular weight is 372 g/mol. The summed E-state index contributed by atoms with van der Waals surface area (Å²) < 4.78 is 18.7. The molecule has 1 aromatic heterocycles. The molecule has 2 heterocycles. The van der Waals surface area contributed by atoms with E-state index >= 15 is 0 Å². The SMILES string of the molecule is CCOC(=O)N1CCN(c2ccnc(C(=O)Nc3ccccc3F)c2)CC1. The average Bonchev–Trinajstić information content (AvgIpc) is 2.70. The van der Waals surface area contributed by atoms with E-state index in [1.807, 2.05) is 0 Å². The highest BCUT2D eigenvalue weighted by atomic mass is 19.1. The number of para-hydroxylation sites is 1. The van der Waals surface area contributed by atoms with Gasteiger partial charge in [0.25, 0.3) is 5.91 Å². The van der Waals surface area contributed by atoms with Gasteiger partial charge in [0.15, 0.2) is 0 Å². The third-order valence-corrected chi connectivity index (χ3v) is 4.27. The van der Waals surface area contributed by atoms with Crippen LogP contribution in [0.4, 0.5) is 20.6 Å². The van der Waals surface area contributed by atoms with Crippen LogP contribution >= 0.6 is 0 Å². The highest BCUT2D eigenvalue weighted by Gasteiger charge is 2.22. The maximum Gasteiger partial charge on any atom is 0.409 e. The quantitative estimate of drug-likeness (QED) is 0.893. The van der Waals surface area contributed by atoms with E-state index in [2.05, 4.69) is 15.2 Å². The summed E-state index contributed by atoms with van der Waals surface area (Å²) in [5, 5.41) is 2.53. The van der Waals surface area contributed by atoms with Crippen molar-refractivity contribution >= 4 is 23.4 Å². The molecule has 142 valence electrons. The maximum atomic E-state index is 13.7. The van der Waals surface area contributed by atoms with Crippen molar-refractivity contribution in [3.05, 3.63) is 54.1 Å². The van der Waals surface area contributed by atoms with Gasteiger partial charge in [0.2, 0.25) is 0 Å². The van der Waals surface area contributed by atoms with Crippen molar-refractivity contribution in [2.75, 3.05) is 43.0 Å². The number of nitrogens with zero attached hydrogens (tertiary/aromatic N) is 3. The van der Waals surface area contributed by atoms with Gasteiger partial charge in [-0.2, -0.15) is 0 Å². The fraction of sp³-hybridized carbons (Fsp3) is 0.316. The Kier molecular flexibility index (Phi) is 5.85. The number of pyridine rings is 1. The van der Waals surface area contributed by atoms with E-state index in [0.717, 1.165) is 5.69 Å². The molecular formula is C19H21FN4O3. The third-order valence-electron chi connectivity index (χ3n) is 4.27. The number of benzene rings is 1. The summed E-state index contributed by atoms with van der Waals surface area (Å²) in [5.41, 5.74) is 1.13. The molecule has 27 heavy (non-hydrogen) atoms. The summed E-state index contributed by atoms with van der Waals surface area (Å²) in [5.74, 6) is -0.982. The predicted molar refractivity (Wildman–Crippen MR) is 99.4 cm³/mol. The van der Waals surface area contributed by atoms with Crippen LogP contribution in [0.25, 0.3) is 0 Å². The Morgan fingerprint density at radius 2 is 1.93 bits per heavy atom. The molecule has 0 saturated carbocycles. The number of ether oxygens (including phenoxy) is 1. The number of amides is 2. The van der Waals surface area contributed by atoms with Crippen LogP contribution in [0.15, 0.2) is 42.6 Å². The van der Waals surface area contributed by atoms with Gasteiger partial charge < -0.3 is 19.9 Å². The molecule has 1 aliphatic rings. The van der Waals surface area contributed by atoms with Crippen LogP contribution in [-0.2, 0) is 4.74 Å². The number of nitrogens with one attached hydrogen (secondary N) is 1. The van der Waals surface area contributed by atoms with Crippen LogP contribution in [0.1, 0.15) is 17.4 Å². The first-order valence-corrected chi connectivity index (χ1v) is 8.77. The molecule has 0 radical (unpaired) electrons. The molecule has 1 fully saturated rings. The molecule has 0 unspecified atom stereocenters. The Morgan fingerprint density at radius 1 is 1.19 bits per heavy atom. The molecule has 3 rings (SSSR count). The van der Waals surface area contributed by atoms with Gasteiger partial charge in [-0.05, 0) is 31.2 Å². The van der Waals surface area contributed by atoms with Crippen LogP contribution < -0.4 is 10.2 Å². The summed E-state index contributed by atoms with van der Waals surface area (Å²) in [6, 6.07) is 9.44. The van der Waals surface area contributed by atoms with E-state index in [-0.39, 0.29) is 17.5 Å². The Balaban J connectivity index is 1.65. The van der Waals surface area contributed by atoms with Gasteiger partial charge in [0.1, 0.15) is 11.5 Å². The van der Waals surface area contributed by atoms with Crippen molar-refractivity contribution in [1.29, 1.82) is 0 Å². The first kappa shape index (κ1) is 18.6. The van der Waals surface area contributed by atoms with Crippen molar-refractivity contribution in [3.8, 4) is 0 Å². The Labute approximate surface area is 156 Å². The molecule has 2 amide bonds. The number of piperazine rings is 1. The van der Waals surface area contributed by atoms with Crippen LogP contribution in [0.2, 0.25) is 0 Å². The van der Waals surface area contributed by atoms with Gasteiger partial charge in [-0.3, -0.25) is 9.78 Å². The highest BCUT2D eigenvalue weighted by molar-refractivity contribution is 6.03. The van der Waals surface area contributed by atoms with Crippen LogP contribution in [-0.4, -0.2) is 54.7 Å². The third kappa shape index (κ3) is 4.52. The van der Waals surface area contributed by atoms with E-state index in [9.17, 15) is 14.0 Å². The molecule has 1 N–H and O–H groups in total. The van der Waals surface area contributed by atoms with E-state index in [0.29, 0.717) is 32.8 Å². The number of carbonyl (C=O) groups is 2. The lowest BCUT2D eigenvalue weighted by molar-refractivity contribution is 0.102. The molecule has 0 spiro atoms. The number of halogens is 1. The zero-order valence-corrected chi connectivity index (χ0v) is 15.0. The lowest BCUT2D eigenvalue weighted by atomic mass is 10.2. The summed E-state index contributed by atoms with van der Waals surface area (Å²) >= 11 is 0. The number of hydrogen-bond acceptors (Lipinski definition) is 5. The van der Waals surface area contributed by atoms with E-state index in [1.165, 1.54) is 12.1 Å². The minimum atomic E-state index is -0.503. The molecule has 1 saturated heterocycles. The van der Waals surface area contributed by atoms with Crippen molar-refractivity contribution in [2.45, 2.75) is 6.92 Å². The van der Waals surface area contributed by atoms with Crippen LogP contribution in [0, 0.1) is 5.82 Å². The van der Waals surface area contributed by atoms with Gasteiger partial charge in [-0.1, -0.05) is 12.1 Å². The van der Waals surface area contributed by atoms with E-state index in [1.54, 1.807) is 42.3 Å². The molecule has 8 heteroatoms. The first-order valence-electron chi connectivity index (χ1n) is 8.77. The molecule has 2 aromatic rings. The zero-order chi connectivity index (χ0) is 19.2. The van der Waals surface area contributed by atoms with Crippen molar-refractivity contribution in [2.24, 2.45) is 0 Å². The highest BCUT2D eigenvalue weighted by Crippen LogP contribution is 2.19. The number of rotatable bonds is 4. The lowest BCUT2D eigenvalue weighted by Crippen LogP contribution is -2.49. The maximum absolute atomic E-state index is 13.7. The molecular weight excluding hydrogens is 351 g/mol. The lowest BCUT2D eigenvalue weighted by Gasteiger charge is -2.35. The largest absolute Gasteiger partial charge is 0.450 e. The van der Waals surface area contributed by atoms with Crippen LogP contribution in [0.3, 0.4) is 0 Å². The smallest absolute Gasteiger partial charge is 0.409 e. The van der Waals surface area contributed by atoms with Gasteiger partial charge in [-0.15, -0.1) is 0 Å². The topological polar surface area (TPSA) is 74.8 Å². The fourth-order valence-corrected chi connectivity index (χ4v) is 2.85. The molecule has 0 aliphatic carbocycles. The zero-order valence-electron chi connectivity index (χ0n) is 15.0. The molecule has 1 aliphatic heterocycles.